The summed E-state index contributed by atoms with van der Waals surface area (Å²) < 4.78 is 101. The number of hydrazone groups is 1. The van der Waals surface area contributed by atoms with Gasteiger partial charge in [0.05, 0.1) is 17.8 Å². The molecule has 4 nitrogen and oxygen atoms in total. The monoisotopic (exact) mass is 552 g/mol. The molecular formula is C22H16BrF7N2O2. The first-order valence-corrected chi connectivity index (χ1v) is 10.3. The Morgan fingerprint density at radius 2 is 1.65 bits per heavy atom. The number of fused-ring (bicyclic) bond motifs is 1. The van der Waals surface area contributed by atoms with E-state index in [1.165, 1.54) is 19.2 Å². The second-order valence-electron chi connectivity index (χ2n) is 6.98. The Balaban J connectivity index is 1.78. The van der Waals surface area contributed by atoms with Crippen molar-refractivity contribution in [1.29, 1.82) is 0 Å². The summed E-state index contributed by atoms with van der Waals surface area (Å²) in [6.45, 7) is 0.157. The number of nitrogens with one attached hydrogen (secondary N) is 1. The molecule has 12 heteroatoms. The van der Waals surface area contributed by atoms with Crippen LogP contribution < -0.4 is 14.9 Å². The minimum atomic E-state index is -6.46. The average molecular weight is 553 g/mol. The molecule has 0 amide bonds. The van der Waals surface area contributed by atoms with Crippen LogP contribution in [0.3, 0.4) is 0 Å². The maximum Gasteiger partial charge on any atom is 0.462 e. The molecule has 0 aliphatic rings. The van der Waals surface area contributed by atoms with E-state index < -0.39 is 18.1 Å². The van der Waals surface area contributed by atoms with Gasteiger partial charge in [0, 0.05) is 0 Å². The van der Waals surface area contributed by atoms with Gasteiger partial charge in [0.25, 0.3) is 0 Å². The van der Waals surface area contributed by atoms with Crippen molar-refractivity contribution in [2.45, 2.75) is 24.8 Å². The third-order valence-electron chi connectivity index (χ3n) is 4.67. The van der Waals surface area contributed by atoms with Crippen molar-refractivity contribution in [2.24, 2.45) is 5.10 Å². The van der Waals surface area contributed by atoms with E-state index in [4.69, 9.17) is 9.47 Å². The lowest BCUT2D eigenvalue weighted by molar-refractivity contribution is -0.361. The Kier molecular flexibility index (Phi) is 7.29. The first-order valence-electron chi connectivity index (χ1n) is 9.47. The van der Waals surface area contributed by atoms with Crippen LogP contribution in [0.1, 0.15) is 11.1 Å². The number of alkyl halides is 7. The second kappa shape index (κ2) is 9.69. The minimum absolute atomic E-state index is 0.0554. The van der Waals surface area contributed by atoms with Crippen molar-refractivity contribution < 1.29 is 40.2 Å². The highest BCUT2D eigenvalue weighted by Crippen LogP contribution is 2.45. The highest BCUT2D eigenvalue weighted by Gasteiger charge is 2.73. The lowest BCUT2D eigenvalue weighted by atomic mass is 10.1. The number of ether oxygens (including phenoxy) is 2. The van der Waals surface area contributed by atoms with E-state index >= 15 is 0 Å². The van der Waals surface area contributed by atoms with E-state index in [1.807, 2.05) is 42.5 Å². The maximum atomic E-state index is 13.3. The summed E-state index contributed by atoms with van der Waals surface area (Å²) in [4.78, 5) is 0. The number of hydrogen-bond acceptors (Lipinski definition) is 4. The number of halogens is 8. The number of benzene rings is 3. The Labute approximate surface area is 197 Å². The molecule has 1 N–H and O–H groups in total. The molecule has 0 aliphatic carbocycles. The van der Waals surface area contributed by atoms with E-state index in [2.05, 4.69) is 21.0 Å². The Morgan fingerprint density at radius 1 is 0.971 bits per heavy atom. The van der Waals surface area contributed by atoms with Crippen LogP contribution in [-0.4, -0.2) is 31.5 Å². The van der Waals surface area contributed by atoms with Crippen LogP contribution in [-0.2, 0) is 6.61 Å². The third-order valence-corrected chi connectivity index (χ3v) is 5.26. The molecule has 0 aliphatic heterocycles. The molecule has 0 spiro atoms. The molecule has 0 fully saturated rings. The lowest BCUT2D eigenvalue weighted by Crippen LogP contribution is -2.58. The largest absolute Gasteiger partial charge is 0.493 e. The van der Waals surface area contributed by atoms with Crippen molar-refractivity contribution in [2.75, 3.05) is 7.11 Å². The minimum Gasteiger partial charge on any atom is -0.493 e. The molecule has 0 bridgehead atoms. The molecule has 0 radical (unpaired) electrons. The highest BCUT2D eigenvalue weighted by atomic mass is 79.9. The zero-order valence-corrected chi connectivity index (χ0v) is 18.9. The van der Waals surface area contributed by atoms with Crippen LogP contribution in [0.25, 0.3) is 10.8 Å². The predicted molar refractivity (Wildman–Crippen MR) is 116 cm³/mol. The summed E-state index contributed by atoms with van der Waals surface area (Å²) in [5, 5.41) is 4.84. The van der Waals surface area contributed by atoms with Gasteiger partial charge in [-0.1, -0.05) is 42.5 Å². The summed E-state index contributed by atoms with van der Waals surface area (Å²) in [5.41, 5.74) is 1.51. The van der Waals surface area contributed by atoms with Crippen LogP contribution in [0.2, 0.25) is 0 Å². The SMILES string of the molecule is COc1cc(/C=N\NC(F)(F)C(F)(F)C(F)(F)F)cc(Br)c1OCc1cccc2ccccc12. The molecule has 0 unspecified atom stereocenters. The zero-order chi connectivity index (χ0) is 25.1. The standard InChI is InChI=1S/C22H16BrF7N2O2/c1-33-18-10-13(11-31-32-22(29,30)20(24,25)21(26,27)28)9-17(23)19(18)34-12-15-7-4-6-14-5-2-3-8-16(14)15/h2-11,32H,12H2,1H3/b31-11-. The van der Waals surface area contributed by atoms with Gasteiger partial charge in [0.1, 0.15) is 6.61 Å². The molecule has 0 atom stereocenters. The lowest BCUT2D eigenvalue weighted by Gasteiger charge is -2.27. The van der Waals surface area contributed by atoms with Gasteiger partial charge in [0.15, 0.2) is 11.5 Å². The van der Waals surface area contributed by atoms with Gasteiger partial charge in [-0.15, -0.1) is 0 Å². The Bertz CT molecular complexity index is 1190. The summed E-state index contributed by atoms with van der Waals surface area (Å²) in [7, 11) is 1.31. The zero-order valence-electron chi connectivity index (χ0n) is 17.3. The first kappa shape index (κ1) is 25.6. The summed E-state index contributed by atoms with van der Waals surface area (Å²) in [6, 6.07) is 10.3. The van der Waals surface area contributed by atoms with Gasteiger partial charge in [-0.05, 0) is 50.0 Å². The molecule has 0 saturated carbocycles. The van der Waals surface area contributed by atoms with Crippen LogP contribution in [0, 0.1) is 0 Å². The van der Waals surface area contributed by atoms with Crippen molar-refractivity contribution in [3.05, 3.63) is 70.2 Å². The highest BCUT2D eigenvalue weighted by molar-refractivity contribution is 9.10. The molecule has 182 valence electrons. The van der Waals surface area contributed by atoms with Crippen LogP contribution in [0.5, 0.6) is 11.5 Å². The van der Waals surface area contributed by atoms with Gasteiger partial charge in [-0.25, -0.2) is 5.43 Å². The molecule has 0 heterocycles. The van der Waals surface area contributed by atoms with Crippen molar-refractivity contribution in [1.82, 2.24) is 5.43 Å². The molecule has 3 aromatic carbocycles. The molecule has 34 heavy (non-hydrogen) atoms. The third kappa shape index (κ3) is 5.21. The van der Waals surface area contributed by atoms with Crippen LogP contribution in [0.15, 0.2) is 64.2 Å². The molecule has 0 saturated heterocycles. The normalized spacial score (nSPS) is 12.9. The van der Waals surface area contributed by atoms with Crippen LogP contribution in [0.4, 0.5) is 30.7 Å². The Hall–Kier alpha value is -3.02. The number of methoxy groups -OCH3 is 1. The van der Waals surface area contributed by atoms with E-state index in [0.717, 1.165) is 16.3 Å². The predicted octanol–water partition coefficient (Wildman–Crippen LogP) is 6.90. The summed E-state index contributed by atoms with van der Waals surface area (Å²) >= 11 is 3.25. The fourth-order valence-electron chi connectivity index (χ4n) is 2.96. The number of nitrogens with zero attached hydrogens (tertiary/aromatic N) is 1. The van der Waals surface area contributed by atoms with Crippen molar-refractivity contribution in [3.63, 3.8) is 0 Å². The van der Waals surface area contributed by atoms with E-state index in [9.17, 15) is 30.7 Å². The average Bonchev–Trinajstić information content (AvgIpc) is 2.77. The fraction of sp³-hybridized carbons (Fsp3) is 0.227. The Morgan fingerprint density at radius 3 is 2.32 bits per heavy atom. The topological polar surface area (TPSA) is 42.8 Å². The maximum absolute atomic E-state index is 13.3. The molecule has 3 rings (SSSR count). The molecule has 3 aromatic rings. The van der Waals surface area contributed by atoms with E-state index in [1.54, 1.807) is 0 Å². The summed E-state index contributed by atoms with van der Waals surface area (Å²) in [6.07, 6.45) is -5.82. The second-order valence-corrected chi connectivity index (χ2v) is 7.83. The quantitative estimate of drug-likeness (QED) is 0.143. The molecular weight excluding hydrogens is 537 g/mol. The number of rotatable bonds is 8. The van der Waals surface area contributed by atoms with Crippen molar-refractivity contribution in [3.8, 4) is 11.5 Å². The van der Waals surface area contributed by atoms with Crippen LogP contribution >= 0.6 is 15.9 Å². The van der Waals surface area contributed by atoms with Gasteiger partial charge in [-0.3, -0.25) is 0 Å². The smallest absolute Gasteiger partial charge is 0.462 e. The fourth-order valence-corrected chi connectivity index (χ4v) is 3.53. The van der Waals surface area contributed by atoms with Crippen molar-refractivity contribution >= 4 is 32.9 Å². The van der Waals surface area contributed by atoms with Gasteiger partial charge >= 0.3 is 18.1 Å². The van der Waals surface area contributed by atoms with Gasteiger partial charge < -0.3 is 9.47 Å². The van der Waals surface area contributed by atoms with Gasteiger partial charge in [-0.2, -0.15) is 35.8 Å². The van der Waals surface area contributed by atoms with E-state index in [-0.39, 0.29) is 23.7 Å². The van der Waals surface area contributed by atoms with E-state index in [0.29, 0.717) is 16.1 Å². The first-order chi connectivity index (χ1) is 15.9. The summed E-state index contributed by atoms with van der Waals surface area (Å²) in [5.74, 6) is -5.92. The van der Waals surface area contributed by atoms with Gasteiger partial charge in [0.2, 0.25) is 0 Å². The number of hydrogen-bond donors (Lipinski definition) is 1. The molecule has 0 aromatic heterocycles.